The van der Waals surface area contributed by atoms with Gasteiger partial charge < -0.3 is 13.8 Å². The molecule has 0 bridgehead atoms. The summed E-state index contributed by atoms with van der Waals surface area (Å²) in [5, 5.41) is 3.98. The van der Waals surface area contributed by atoms with Crippen LogP contribution in [-0.2, 0) is 6.42 Å². The van der Waals surface area contributed by atoms with Gasteiger partial charge in [-0.1, -0.05) is 12.1 Å². The Labute approximate surface area is 128 Å². The molecule has 118 valence electrons. The summed E-state index contributed by atoms with van der Waals surface area (Å²) < 4.78 is 10.6. The number of aromatic nitrogens is 3. The van der Waals surface area contributed by atoms with Crippen molar-refractivity contribution >= 4 is 5.91 Å². The number of aryl methyl sites for hydroxylation is 3. The van der Waals surface area contributed by atoms with Crippen LogP contribution in [0.3, 0.4) is 0 Å². The summed E-state index contributed by atoms with van der Waals surface area (Å²) in [6, 6.07) is 0. The zero-order valence-corrected chi connectivity index (χ0v) is 13.1. The van der Waals surface area contributed by atoms with Crippen LogP contribution in [0.2, 0.25) is 0 Å². The fraction of sp³-hybridized carbons (Fsp3) is 0.600. The van der Waals surface area contributed by atoms with E-state index in [2.05, 4.69) is 15.1 Å². The van der Waals surface area contributed by atoms with Crippen molar-refractivity contribution in [3.05, 3.63) is 29.1 Å². The van der Waals surface area contributed by atoms with E-state index in [1.165, 1.54) is 0 Å². The lowest BCUT2D eigenvalue weighted by atomic mass is 9.97. The van der Waals surface area contributed by atoms with E-state index in [9.17, 15) is 4.79 Å². The third kappa shape index (κ3) is 2.75. The first-order chi connectivity index (χ1) is 10.6. The SMILES string of the molecule is CCc1nc(C)c(C(=O)N2CCC[C@H](c3noc(C)n3)C2)o1. The number of nitrogens with zero attached hydrogens (tertiary/aromatic N) is 4. The van der Waals surface area contributed by atoms with Gasteiger partial charge in [-0.2, -0.15) is 4.98 Å². The highest BCUT2D eigenvalue weighted by Gasteiger charge is 2.30. The van der Waals surface area contributed by atoms with Gasteiger partial charge in [-0.05, 0) is 19.8 Å². The Morgan fingerprint density at radius 1 is 1.36 bits per heavy atom. The summed E-state index contributed by atoms with van der Waals surface area (Å²) in [5.41, 5.74) is 0.652. The minimum Gasteiger partial charge on any atom is -0.435 e. The van der Waals surface area contributed by atoms with Crippen LogP contribution in [-0.4, -0.2) is 39.0 Å². The Morgan fingerprint density at radius 2 is 2.18 bits per heavy atom. The number of piperidine rings is 1. The largest absolute Gasteiger partial charge is 0.435 e. The van der Waals surface area contributed by atoms with Gasteiger partial charge in [-0.3, -0.25) is 4.79 Å². The topological polar surface area (TPSA) is 85.3 Å². The molecule has 2 aromatic rings. The number of carbonyl (C=O) groups excluding carboxylic acids is 1. The highest BCUT2D eigenvalue weighted by Crippen LogP contribution is 2.26. The van der Waals surface area contributed by atoms with E-state index in [4.69, 9.17) is 8.94 Å². The number of amides is 1. The van der Waals surface area contributed by atoms with E-state index in [1.54, 1.807) is 18.7 Å². The highest BCUT2D eigenvalue weighted by atomic mass is 16.5. The standard InChI is InChI=1S/C15H20N4O3/c1-4-12-16-9(2)13(21-12)15(20)19-7-5-6-11(8-19)14-17-10(3)22-18-14/h11H,4-8H2,1-3H3/t11-/m0/s1. The average Bonchev–Trinajstić information content (AvgIpc) is 3.12. The van der Waals surface area contributed by atoms with Crippen LogP contribution in [0.5, 0.6) is 0 Å². The van der Waals surface area contributed by atoms with Crippen LogP contribution in [0.1, 0.15) is 59.5 Å². The van der Waals surface area contributed by atoms with Gasteiger partial charge in [0.2, 0.25) is 11.7 Å². The molecule has 1 fully saturated rings. The number of likely N-dealkylation sites (tertiary alicyclic amines) is 1. The Bertz CT molecular complexity index is 676. The lowest BCUT2D eigenvalue weighted by Crippen LogP contribution is -2.39. The van der Waals surface area contributed by atoms with Gasteiger partial charge in [0, 0.05) is 32.4 Å². The molecule has 0 saturated carbocycles. The predicted molar refractivity (Wildman–Crippen MR) is 77.5 cm³/mol. The second-order valence-electron chi connectivity index (χ2n) is 5.64. The molecule has 7 nitrogen and oxygen atoms in total. The minimum absolute atomic E-state index is 0.102. The number of hydrogen-bond donors (Lipinski definition) is 0. The fourth-order valence-electron chi connectivity index (χ4n) is 2.80. The van der Waals surface area contributed by atoms with Crippen molar-refractivity contribution in [1.82, 2.24) is 20.0 Å². The molecule has 0 N–H and O–H groups in total. The molecule has 0 spiro atoms. The van der Waals surface area contributed by atoms with Crippen molar-refractivity contribution < 1.29 is 13.7 Å². The van der Waals surface area contributed by atoms with Gasteiger partial charge in [-0.15, -0.1) is 0 Å². The van der Waals surface area contributed by atoms with Gasteiger partial charge in [-0.25, -0.2) is 4.98 Å². The van der Waals surface area contributed by atoms with Crippen molar-refractivity contribution in [2.24, 2.45) is 0 Å². The van der Waals surface area contributed by atoms with Gasteiger partial charge in [0.1, 0.15) is 0 Å². The second-order valence-corrected chi connectivity index (χ2v) is 5.64. The van der Waals surface area contributed by atoms with E-state index >= 15 is 0 Å². The Kier molecular flexibility index (Phi) is 3.96. The molecule has 0 aliphatic carbocycles. The van der Waals surface area contributed by atoms with E-state index in [1.807, 2.05) is 6.92 Å². The Hall–Kier alpha value is -2.18. The van der Waals surface area contributed by atoms with Crippen molar-refractivity contribution in [1.29, 1.82) is 0 Å². The zero-order valence-electron chi connectivity index (χ0n) is 13.1. The van der Waals surface area contributed by atoms with Gasteiger partial charge in [0.25, 0.3) is 5.91 Å². The normalized spacial score (nSPS) is 18.7. The predicted octanol–water partition coefficient (Wildman–Crippen LogP) is 2.26. The molecule has 22 heavy (non-hydrogen) atoms. The van der Waals surface area contributed by atoms with E-state index < -0.39 is 0 Å². The molecule has 7 heteroatoms. The van der Waals surface area contributed by atoms with Gasteiger partial charge in [0.15, 0.2) is 11.7 Å². The maximum absolute atomic E-state index is 12.7. The Morgan fingerprint density at radius 3 is 2.82 bits per heavy atom. The van der Waals surface area contributed by atoms with Crippen LogP contribution in [0.25, 0.3) is 0 Å². The van der Waals surface area contributed by atoms with Crippen LogP contribution in [0.15, 0.2) is 8.94 Å². The van der Waals surface area contributed by atoms with E-state index in [-0.39, 0.29) is 11.8 Å². The molecule has 1 amide bonds. The monoisotopic (exact) mass is 304 g/mol. The van der Waals surface area contributed by atoms with Crippen molar-refractivity contribution in [2.45, 2.75) is 46.0 Å². The molecule has 0 radical (unpaired) electrons. The zero-order chi connectivity index (χ0) is 15.7. The van der Waals surface area contributed by atoms with Crippen LogP contribution < -0.4 is 0 Å². The number of hydrogen-bond acceptors (Lipinski definition) is 6. The molecule has 2 aromatic heterocycles. The van der Waals surface area contributed by atoms with Gasteiger partial charge >= 0.3 is 0 Å². The highest BCUT2D eigenvalue weighted by molar-refractivity contribution is 5.92. The molecular formula is C15H20N4O3. The maximum atomic E-state index is 12.7. The number of rotatable bonds is 3. The number of carbonyl (C=O) groups is 1. The van der Waals surface area contributed by atoms with Crippen LogP contribution >= 0.6 is 0 Å². The first kappa shape index (κ1) is 14.7. The first-order valence-corrected chi connectivity index (χ1v) is 7.64. The first-order valence-electron chi connectivity index (χ1n) is 7.64. The average molecular weight is 304 g/mol. The molecule has 1 saturated heterocycles. The van der Waals surface area contributed by atoms with Crippen LogP contribution in [0.4, 0.5) is 0 Å². The van der Waals surface area contributed by atoms with E-state index in [0.717, 1.165) is 12.8 Å². The third-order valence-corrected chi connectivity index (χ3v) is 3.95. The van der Waals surface area contributed by atoms with Crippen LogP contribution in [0, 0.1) is 13.8 Å². The third-order valence-electron chi connectivity index (χ3n) is 3.95. The van der Waals surface area contributed by atoms with Crippen molar-refractivity contribution in [3.8, 4) is 0 Å². The minimum atomic E-state index is -0.102. The second kappa shape index (κ2) is 5.90. The lowest BCUT2D eigenvalue weighted by Gasteiger charge is -2.30. The summed E-state index contributed by atoms with van der Waals surface area (Å²) in [6.07, 6.45) is 2.55. The molecular weight excluding hydrogens is 284 g/mol. The molecule has 3 heterocycles. The molecule has 3 rings (SSSR count). The summed E-state index contributed by atoms with van der Waals surface area (Å²) in [4.78, 5) is 23.0. The molecule has 1 atom stereocenters. The maximum Gasteiger partial charge on any atom is 0.291 e. The molecule has 0 unspecified atom stereocenters. The lowest BCUT2D eigenvalue weighted by molar-refractivity contribution is 0.0668. The summed E-state index contributed by atoms with van der Waals surface area (Å²) in [6.45, 7) is 6.83. The summed E-state index contributed by atoms with van der Waals surface area (Å²) >= 11 is 0. The van der Waals surface area contributed by atoms with Gasteiger partial charge in [0.05, 0.1) is 5.69 Å². The number of oxazole rings is 1. The van der Waals surface area contributed by atoms with Crippen molar-refractivity contribution in [3.63, 3.8) is 0 Å². The fourth-order valence-corrected chi connectivity index (χ4v) is 2.80. The Balaban J connectivity index is 1.76. The molecule has 1 aliphatic rings. The smallest absolute Gasteiger partial charge is 0.291 e. The summed E-state index contributed by atoms with van der Waals surface area (Å²) in [5.74, 6) is 2.19. The van der Waals surface area contributed by atoms with Crippen molar-refractivity contribution in [2.75, 3.05) is 13.1 Å². The quantitative estimate of drug-likeness (QED) is 0.864. The molecule has 1 aliphatic heterocycles. The molecule has 0 aromatic carbocycles. The van der Waals surface area contributed by atoms with E-state index in [0.29, 0.717) is 48.6 Å². The summed E-state index contributed by atoms with van der Waals surface area (Å²) in [7, 11) is 0.